The molecule has 3 N–H and O–H groups in total. The molecule has 7 heteroatoms. The SMILES string of the molecule is CN=C(NCC(c1ccco1)N1CCCCC1)NCC(C)(C)C(=O)NC. The molecule has 0 aromatic carbocycles. The Morgan fingerprint density at radius 1 is 1.31 bits per heavy atom. The zero-order chi connectivity index (χ0) is 19.0. The van der Waals surface area contributed by atoms with Gasteiger partial charge < -0.3 is 20.4 Å². The molecule has 1 aliphatic heterocycles. The van der Waals surface area contributed by atoms with Crippen LogP contribution in [-0.2, 0) is 4.79 Å². The zero-order valence-electron chi connectivity index (χ0n) is 16.5. The fraction of sp³-hybridized carbons (Fsp3) is 0.684. The van der Waals surface area contributed by atoms with Crippen LogP contribution in [0, 0.1) is 5.41 Å². The summed E-state index contributed by atoms with van der Waals surface area (Å²) in [5, 5.41) is 9.35. The number of nitrogens with zero attached hydrogens (tertiary/aromatic N) is 2. The van der Waals surface area contributed by atoms with Crippen molar-refractivity contribution in [3.05, 3.63) is 24.2 Å². The number of guanidine groups is 1. The van der Waals surface area contributed by atoms with Crippen molar-refractivity contribution in [2.45, 2.75) is 39.2 Å². The van der Waals surface area contributed by atoms with Gasteiger partial charge in [0.1, 0.15) is 5.76 Å². The van der Waals surface area contributed by atoms with E-state index in [1.54, 1.807) is 20.4 Å². The summed E-state index contributed by atoms with van der Waals surface area (Å²) in [6.45, 7) is 7.19. The molecular weight excluding hydrogens is 330 g/mol. The summed E-state index contributed by atoms with van der Waals surface area (Å²) >= 11 is 0. The number of carbonyl (C=O) groups excluding carboxylic acids is 1. The third-order valence-electron chi connectivity index (χ3n) is 4.93. The second kappa shape index (κ2) is 9.62. The van der Waals surface area contributed by atoms with Crippen LogP contribution in [0.1, 0.15) is 44.9 Å². The Kier molecular flexibility index (Phi) is 7.50. The molecule has 1 amide bonds. The van der Waals surface area contributed by atoms with E-state index in [1.807, 2.05) is 26.0 Å². The minimum Gasteiger partial charge on any atom is -0.468 e. The average molecular weight is 364 g/mol. The van der Waals surface area contributed by atoms with Crippen LogP contribution >= 0.6 is 0 Å². The first-order chi connectivity index (χ1) is 12.5. The molecule has 1 aliphatic rings. The minimum atomic E-state index is -0.514. The van der Waals surface area contributed by atoms with Gasteiger partial charge in [0.25, 0.3) is 0 Å². The topological polar surface area (TPSA) is 81.9 Å². The predicted molar refractivity (Wildman–Crippen MR) is 104 cm³/mol. The van der Waals surface area contributed by atoms with Gasteiger partial charge in [0.2, 0.25) is 5.91 Å². The molecule has 1 aromatic heterocycles. The van der Waals surface area contributed by atoms with Crippen LogP contribution < -0.4 is 16.0 Å². The normalized spacial score (nSPS) is 17.6. The molecule has 1 fully saturated rings. The Morgan fingerprint density at radius 3 is 2.62 bits per heavy atom. The van der Waals surface area contributed by atoms with Crippen molar-refractivity contribution >= 4 is 11.9 Å². The quantitative estimate of drug-likeness (QED) is 0.508. The fourth-order valence-corrected chi connectivity index (χ4v) is 3.26. The van der Waals surface area contributed by atoms with E-state index in [2.05, 4.69) is 25.8 Å². The van der Waals surface area contributed by atoms with Crippen molar-refractivity contribution in [2.75, 3.05) is 40.3 Å². The largest absolute Gasteiger partial charge is 0.468 e. The molecule has 1 atom stereocenters. The molecule has 2 rings (SSSR count). The number of nitrogens with one attached hydrogen (secondary N) is 3. The van der Waals surface area contributed by atoms with Gasteiger partial charge in [0.05, 0.1) is 17.7 Å². The average Bonchev–Trinajstić information content (AvgIpc) is 3.19. The van der Waals surface area contributed by atoms with E-state index in [-0.39, 0.29) is 11.9 Å². The second-order valence-corrected chi connectivity index (χ2v) is 7.40. The number of likely N-dealkylation sites (tertiary alicyclic amines) is 1. The third kappa shape index (κ3) is 5.49. The molecule has 0 bridgehead atoms. The Morgan fingerprint density at radius 2 is 2.04 bits per heavy atom. The maximum atomic E-state index is 11.9. The number of furan rings is 1. The number of hydrogen-bond acceptors (Lipinski definition) is 4. The molecule has 7 nitrogen and oxygen atoms in total. The van der Waals surface area contributed by atoms with E-state index < -0.39 is 5.41 Å². The third-order valence-corrected chi connectivity index (χ3v) is 4.93. The molecule has 0 spiro atoms. The highest BCUT2D eigenvalue weighted by atomic mass is 16.3. The van der Waals surface area contributed by atoms with E-state index in [0.29, 0.717) is 19.0 Å². The highest BCUT2D eigenvalue weighted by molar-refractivity contribution is 5.84. The van der Waals surface area contributed by atoms with Gasteiger partial charge in [-0.05, 0) is 51.9 Å². The summed E-state index contributed by atoms with van der Waals surface area (Å²) in [5.74, 6) is 1.67. The lowest BCUT2D eigenvalue weighted by Gasteiger charge is -2.34. The van der Waals surface area contributed by atoms with Crippen LogP contribution in [0.25, 0.3) is 0 Å². The summed E-state index contributed by atoms with van der Waals surface area (Å²) in [6, 6.07) is 4.15. The molecule has 2 heterocycles. The highest BCUT2D eigenvalue weighted by Crippen LogP contribution is 2.24. The first kappa shape index (κ1) is 20.3. The lowest BCUT2D eigenvalue weighted by atomic mass is 9.92. The van der Waals surface area contributed by atoms with Crippen molar-refractivity contribution in [3.63, 3.8) is 0 Å². The van der Waals surface area contributed by atoms with E-state index in [4.69, 9.17) is 4.42 Å². The van der Waals surface area contributed by atoms with Crippen LogP contribution in [-0.4, -0.2) is 57.0 Å². The van der Waals surface area contributed by atoms with Gasteiger partial charge in [-0.15, -0.1) is 0 Å². The highest BCUT2D eigenvalue weighted by Gasteiger charge is 2.27. The van der Waals surface area contributed by atoms with Gasteiger partial charge in [-0.2, -0.15) is 0 Å². The van der Waals surface area contributed by atoms with Crippen LogP contribution in [0.3, 0.4) is 0 Å². The van der Waals surface area contributed by atoms with Crippen molar-refractivity contribution < 1.29 is 9.21 Å². The van der Waals surface area contributed by atoms with Gasteiger partial charge in [-0.3, -0.25) is 14.7 Å². The maximum absolute atomic E-state index is 11.9. The van der Waals surface area contributed by atoms with Crippen LogP contribution in [0.2, 0.25) is 0 Å². The van der Waals surface area contributed by atoms with Gasteiger partial charge in [0.15, 0.2) is 5.96 Å². The molecule has 0 saturated carbocycles. The lowest BCUT2D eigenvalue weighted by molar-refractivity contribution is -0.128. The number of piperidine rings is 1. The summed E-state index contributed by atoms with van der Waals surface area (Å²) < 4.78 is 5.68. The monoisotopic (exact) mass is 363 g/mol. The Hall–Kier alpha value is -2.02. The Labute approximate surface area is 156 Å². The molecule has 1 aromatic rings. The predicted octanol–water partition coefficient (Wildman–Crippen LogP) is 1.74. The fourth-order valence-electron chi connectivity index (χ4n) is 3.26. The standard InChI is InChI=1S/C19H33N5O2/c1-19(2,17(25)20-3)14-23-18(21-4)22-13-15(16-9-8-12-26-16)24-10-6-5-7-11-24/h8-9,12,15H,5-7,10-11,13-14H2,1-4H3,(H,20,25)(H2,21,22,23). The maximum Gasteiger partial charge on any atom is 0.227 e. The van der Waals surface area contributed by atoms with E-state index in [0.717, 1.165) is 18.8 Å². The summed E-state index contributed by atoms with van der Waals surface area (Å²) in [6.07, 6.45) is 5.48. The first-order valence-corrected chi connectivity index (χ1v) is 9.42. The second-order valence-electron chi connectivity index (χ2n) is 7.40. The van der Waals surface area contributed by atoms with E-state index in [1.165, 1.54) is 19.3 Å². The summed E-state index contributed by atoms with van der Waals surface area (Å²) in [5.41, 5.74) is -0.514. The molecule has 146 valence electrons. The van der Waals surface area contributed by atoms with Crippen molar-refractivity contribution in [1.29, 1.82) is 0 Å². The molecule has 26 heavy (non-hydrogen) atoms. The molecule has 1 saturated heterocycles. The Balaban J connectivity index is 1.94. The number of carbonyl (C=O) groups is 1. The number of rotatable bonds is 7. The summed E-state index contributed by atoms with van der Waals surface area (Å²) in [4.78, 5) is 18.7. The van der Waals surface area contributed by atoms with Crippen molar-refractivity contribution in [1.82, 2.24) is 20.9 Å². The van der Waals surface area contributed by atoms with Crippen LogP contribution in [0.5, 0.6) is 0 Å². The van der Waals surface area contributed by atoms with Gasteiger partial charge in [-0.25, -0.2) is 0 Å². The molecule has 1 unspecified atom stereocenters. The molecule has 0 aliphatic carbocycles. The number of hydrogen-bond donors (Lipinski definition) is 3. The Bertz CT molecular complexity index is 577. The number of aliphatic imine (C=N–C) groups is 1. The minimum absolute atomic E-state index is 0.00207. The summed E-state index contributed by atoms with van der Waals surface area (Å²) in [7, 11) is 3.40. The zero-order valence-corrected chi connectivity index (χ0v) is 16.5. The van der Waals surface area contributed by atoms with Crippen molar-refractivity contribution in [3.8, 4) is 0 Å². The van der Waals surface area contributed by atoms with Crippen LogP contribution in [0.15, 0.2) is 27.8 Å². The van der Waals surface area contributed by atoms with Gasteiger partial charge in [-0.1, -0.05) is 6.42 Å². The van der Waals surface area contributed by atoms with Gasteiger partial charge >= 0.3 is 0 Å². The smallest absolute Gasteiger partial charge is 0.227 e. The van der Waals surface area contributed by atoms with E-state index >= 15 is 0 Å². The lowest BCUT2D eigenvalue weighted by Crippen LogP contribution is -2.49. The van der Waals surface area contributed by atoms with Crippen LogP contribution in [0.4, 0.5) is 0 Å². The van der Waals surface area contributed by atoms with Gasteiger partial charge in [0, 0.05) is 27.2 Å². The van der Waals surface area contributed by atoms with Crippen molar-refractivity contribution in [2.24, 2.45) is 10.4 Å². The number of amides is 1. The molecule has 0 radical (unpaired) electrons. The van der Waals surface area contributed by atoms with E-state index in [9.17, 15) is 4.79 Å². The molecular formula is C19H33N5O2. The first-order valence-electron chi connectivity index (χ1n) is 9.42.